The van der Waals surface area contributed by atoms with Gasteiger partial charge in [-0.3, -0.25) is 10.1 Å². The topological polar surface area (TPSA) is 81.6 Å². The minimum Gasteiger partial charge on any atom is -0.393 e. The number of nitro groups is 1. The van der Waals surface area contributed by atoms with Crippen LogP contribution in [0.4, 0.5) is 17.1 Å². The molecule has 1 saturated heterocycles. The predicted octanol–water partition coefficient (Wildman–Crippen LogP) is 1.79. The third kappa shape index (κ3) is 2.53. The molecule has 1 aromatic rings. The summed E-state index contributed by atoms with van der Waals surface area (Å²) in [6, 6.07) is 4.84. The molecule has 2 N–H and O–H groups in total. The average Bonchev–Trinajstić information content (AvgIpc) is 2.26. The second-order valence-corrected chi connectivity index (χ2v) is 4.66. The van der Waals surface area contributed by atoms with Gasteiger partial charge in [0.1, 0.15) is 5.69 Å². The lowest BCUT2D eigenvalue weighted by atomic mass is 10.1. The molecule has 2 atom stereocenters. The number of hydrogen-bond donors (Lipinski definition) is 1. The maximum atomic E-state index is 10.7. The standard InChI is InChI=1S/C12H17N3O3/c1-8-6-14(7-9(2)18-8)10-3-4-12(15(16)17)11(13)5-10/h3-5,8-9H,6-7,13H2,1-2H3. The van der Waals surface area contributed by atoms with E-state index in [0.29, 0.717) is 0 Å². The molecule has 0 saturated carbocycles. The number of hydrogen-bond acceptors (Lipinski definition) is 5. The van der Waals surface area contributed by atoms with Gasteiger partial charge in [0.2, 0.25) is 0 Å². The molecule has 1 aliphatic heterocycles. The van der Waals surface area contributed by atoms with Crippen LogP contribution in [-0.4, -0.2) is 30.2 Å². The molecule has 1 aromatic carbocycles. The molecule has 2 unspecified atom stereocenters. The van der Waals surface area contributed by atoms with Crippen LogP contribution in [0.15, 0.2) is 18.2 Å². The number of morpholine rings is 1. The van der Waals surface area contributed by atoms with Crippen molar-refractivity contribution in [3.8, 4) is 0 Å². The van der Waals surface area contributed by atoms with Gasteiger partial charge in [-0.1, -0.05) is 0 Å². The van der Waals surface area contributed by atoms with Crippen LogP contribution in [0.5, 0.6) is 0 Å². The van der Waals surface area contributed by atoms with Gasteiger partial charge in [0, 0.05) is 24.8 Å². The van der Waals surface area contributed by atoms with Crippen LogP contribution in [0, 0.1) is 10.1 Å². The summed E-state index contributed by atoms with van der Waals surface area (Å²) in [5, 5.41) is 10.7. The van der Waals surface area contributed by atoms with Gasteiger partial charge in [0.05, 0.1) is 17.1 Å². The number of nitrogen functional groups attached to an aromatic ring is 1. The molecular weight excluding hydrogens is 234 g/mol. The highest BCUT2D eigenvalue weighted by Gasteiger charge is 2.23. The van der Waals surface area contributed by atoms with E-state index >= 15 is 0 Å². The highest BCUT2D eigenvalue weighted by molar-refractivity contribution is 5.66. The van der Waals surface area contributed by atoms with E-state index in [0.717, 1.165) is 18.8 Å². The first-order chi connectivity index (χ1) is 8.47. The Morgan fingerprint density at radius 1 is 1.39 bits per heavy atom. The maximum absolute atomic E-state index is 10.7. The Morgan fingerprint density at radius 2 is 2.00 bits per heavy atom. The highest BCUT2D eigenvalue weighted by Crippen LogP contribution is 2.28. The largest absolute Gasteiger partial charge is 0.393 e. The number of nitrogens with zero attached hydrogens (tertiary/aromatic N) is 2. The summed E-state index contributed by atoms with van der Waals surface area (Å²) >= 11 is 0. The Kier molecular flexibility index (Phi) is 3.38. The Balaban J connectivity index is 2.23. The van der Waals surface area contributed by atoms with Crippen LogP contribution in [0.2, 0.25) is 0 Å². The van der Waals surface area contributed by atoms with Crippen molar-refractivity contribution in [3.05, 3.63) is 28.3 Å². The van der Waals surface area contributed by atoms with Crippen LogP contribution in [0.25, 0.3) is 0 Å². The molecular formula is C12H17N3O3. The first-order valence-corrected chi connectivity index (χ1v) is 5.91. The van der Waals surface area contributed by atoms with E-state index in [1.54, 1.807) is 12.1 Å². The Morgan fingerprint density at radius 3 is 2.50 bits per heavy atom. The molecule has 6 heteroatoms. The molecule has 18 heavy (non-hydrogen) atoms. The molecule has 0 bridgehead atoms. The van der Waals surface area contributed by atoms with Crippen molar-refractivity contribution in [1.29, 1.82) is 0 Å². The maximum Gasteiger partial charge on any atom is 0.292 e. The minimum absolute atomic E-state index is 0.0480. The summed E-state index contributed by atoms with van der Waals surface area (Å²) in [4.78, 5) is 12.4. The van der Waals surface area contributed by atoms with Gasteiger partial charge in [-0.15, -0.1) is 0 Å². The zero-order valence-corrected chi connectivity index (χ0v) is 10.5. The van der Waals surface area contributed by atoms with Gasteiger partial charge in [-0.2, -0.15) is 0 Å². The summed E-state index contributed by atoms with van der Waals surface area (Å²) in [7, 11) is 0. The number of benzene rings is 1. The van der Waals surface area contributed by atoms with Crippen molar-refractivity contribution in [2.75, 3.05) is 23.7 Å². The van der Waals surface area contributed by atoms with Crippen LogP contribution >= 0.6 is 0 Å². The van der Waals surface area contributed by atoms with Gasteiger partial charge < -0.3 is 15.4 Å². The Labute approximate surface area is 105 Å². The minimum atomic E-state index is -0.469. The second-order valence-electron chi connectivity index (χ2n) is 4.66. The quantitative estimate of drug-likeness (QED) is 0.492. The van der Waals surface area contributed by atoms with Gasteiger partial charge >= 0.3 is 0 Å². The third-order valence-electron chi connectivity index (χ3n) is 2.99. The fourth-order valence-electron chi connectivity index (χ4n) is 2.29. The van der Waals surface area contributed by atoms with Gasteiger partial charge in [0.15, 0.2) is 0 Å². The first-order valence-electron chi connectivity index (χ1n) is 5.91. The monoisotopic (exact) mass is 251 g/mol. The molecule has 0 amide bonds. The van der Waals surface area contributed by atoms with Crippen LogP contribution in [0.3, 0.4) is 0 Å². The van der Waals surface area contributed by atoms with Gasteiger partial charge in [0.25, 0.3) is 5.69 Å². The van der Waals surface area contributed by atoms with E-state index in [9.17, 15) is 10.1 Å². The molecule has 1 heterocycles. The van der Waals surface area contributed by atoms with E-state index in [-0.39, 0.29) is 23.6 Å². The number of nitro benzene ring substituents is 1. The fraction of sp³-hybridized carbons (Fsp3) is 0.500. The number of anilines is 2. The number of ether oxygens (including phenoxy) is 1. The lowest BCUT2D eigenvalue weighted by Crippen LogP contribution is -2.45. The van der Waals surface area contributed by atoms with Crippen molar-refractivity contribution in [1.82, 2.24) is 0 Å². The highest BCUT2D eigenvalue weighted by atomic mass is 16.6. The van der Waals surface area contributed by atoms with E-state index in [1.807, 2.05) is 13.8 Å². The predicted molar refractivity (Wildman–Crippen MR) is 69.7 cm³/mol. The molecule has 0 spiro atoms. The summed E-state index contributed by atoms with van der Waals surface area (Å²) in [5.41, 5.74) is 6.75. The molecule has 1 aliphatic rings. The SMILES string of the molecule is CC1CN(c2ccc([N+](=O)[O-])c(N)c2)CC(C)O1. The van der Waals surface area contributed by atoms with Gasteiger partial charge in [-0.25, -0.2) is 0 Å². The normalized spacial score (nSPS) is 24.0. The number of rotatable bonds is 2. The molecule has 0 radical (unpaired) electrons. The van der Waals surface area contributed by atoms with Crippen molar-refractivity contribution >= 4 is 17.1 Å². The molecule has 0 aromatic heterocycles. The van der Waals surface area contributed by atoms with E-state index in [2.05, 4.69) is 4.90 Å². The van der Waals surface area contributed by atoms with Gasteiger partial charge in [-0.05, 0) is 26.0 Å². The number of nitrogens with two attached hydrogens (primary N) is 1. The van der Waals surface area contributed by atoms with Crippen LogP contribution in [0.1, 0.15) is 13.8 Å². The second kappa shape index (κ2) is 4.81. The van der Waals surface area contributed by atoms with E-state index in [1.165, 1.54) is 6.07 Å². The smallest absolute Gasteiger partial charge is 0.292 e. The molecule has 98 valence electrons. The first kappa shape index (κ1) is 12.6. The van der Waals surface area contributed by atoms with Crippen LogP contribution < -0.4 is 10.6 Å². The lowest BCUT2D eigenvalue weighted by Gasteiger charge is -2.36. The summed E-state index contributed by atoms with van der Waals surface area (Å²) in [6.45, 7) is 5.55. The molecule has 1 fully saturated rings. The summed E-state index contributed by atoms with van der Waals surface area (Å²) < 4.78 is 5.65. The van der Waals surface area contributed by atoms with Crippen LogP contribution in [-0.2, 0) is 4.74 Å². The van der Waals surface area contributed by atoms with Crippen molar-refractivity contribution < 1.29 is 9.66 Å². The molecule has 6 nitrogen and oxygen atoms in total. The van der Waals surface area contributed by atoms with Crippen molar-refractivity contribution in [2.24, 2.45) is 0 Å². The lowest BCUT2D eigenvalue weighted by molar-refractivity contribution is -0.383. The van der Waals surface area contributed by atoms with E-state index in [4.69, 9.17) is 10.5 Å². The summed E-state index contributed by atoms with van der Waals surface area (Å²) in [6.07, 6.45) is 0.287. The fourth-order valence-corrected chi connectivity index (χ4v) is 2.29. The summed E-state index contributed by atoms with van der Waals surface area (Å²) in [5.74, 6) is 0. The zero-order chi connectivity index (χ0) is 13.3. The zero-order valence-electron chi connectivity index (χ0n) is 10.5. The Hall–Kier alpha value is -1.82. The van der Waals surface area contributed by atoms with Crippen molar-refractivity contribution in [3.63, 3.8) is 0 Å². The van der Waals surface area contributed by atoms with Crippen molar-refractivity contribution in [2.45, 2.75) is 26.1 Å². The molecule has 0 aliphatic carbocycles. The van der Waals surface area contributed by atoms with E-state index < -0.39 is 4.92 Å². The third-order valence-corrected chi connectivity index (χ3v) is 2.99. The Bertz CT molecular complexity index is 454. The molecule has 2 rings (SSSR count). The average molecular weight is 251 g/mol.